The average molecular weight is 259 g/mol. The van der Waals surface area contributed by atoms with Gasteiger partial charge < -0.3 is 9.72 Å². The smallest absolute Gasteiger partial charge is 0.311 e. The molecular formula is C13H13N3O3. The fourth-order valence-corrected chi connectivity index (χ4v) is 1.62. The Balaban J connectivity index is 2.21. The molecule has 2 rings (SSSR count). The summed E-state index contributed by atoms with van der Waals surface area (Å²) in [5.74, 6) is -0.374. The van der Waals surface area contributed by atoms with Gasteiger partial charge in [0.05, 0.1) is 24.7 Å². The molecule has 0 spiro atoms. The Hall–Kier alpha value is -2.63. The van der Waals surface area contributed by atoms with Crippen LogP contribution in [0.2, 0.25) is 0 Å². The van der Waals surface area contributed by atoms with Crippen LogP contribution in [0.15, 0.2) is 40.2 Å². The van der Waals surface area contributed by atoms with Crippen LogP contribution in [-0.4, -0.2) is 24.3 Å². The van der Waals surface area contributed by atoms with Crippen LogP contribution < -0.4 is 11.0 Å². The van der Waals surface area contributed by atoms with Crippen LogP contribution in [0.25, 0.3) is 10.9 Å². The maximum atomic E-state index is 11.5. The van der Waals surface area contributed by atoms with E-state index in [1.54, 1.807) is 6.07 Å². The number of methoxy groups -OCH3 is 1. The number of aromatic amines is 1. The third-order valence-electron chi connectivity index (χ3n) is 2.51. The van der Waals surface area contributed by atoms with Gasteiger partial charge in [-0.05, 0) is 6.07 Å². The predicted octanol–water partition coefficient (Wildman–Crippen LogP) is 1.49. The summed E-state index contributed by atoms with van der Waals surface area (Å²) in [6.45, 7) is 0. The third-order valence-corrected chi connectivity index (χ3v) is 2.51. The molecule has 6 heteroatoms. The number of rotatable bonds is 4. The van der Waals surface area contributed by atoms with Gasteiger partial charge in [0.15, 0.2) is 0 Å². The number of esters is 1. The summed E-state index contributed by atoms with van der Waals surface area (Å²) >= 11 is 0. The lowest BCUT2D eigenvalue weighted by Crippen LogP contribution is -2.06. The van der Waals surface area contributed by atoms with Crippen molar-refractivity contribution >= 4 is 28.8 Å². The zero-order valence-electron chi connectivity index (χ0n) is 10.3. The lowest BCUT2D eigenvalue weighted by molar-refractivity contribution is -0.139. The molecule has 19 heavy (non-hydrogen) atoms. The maximum absolute atomic E-state index is 11.5. The number of nitrogens with zero attached hydrogens (tertiary/aromatic N) is 1. The van der Waals surface area contributed by atoms with E-state index in [2.05, 4.69) is 20.2 Å². The number of nitrogens with one attached hydrogen (secondary N) is 2. The minimum Gasteiger partial charge on any atom is -0.469 e. The molecule has 0 amide bonds. The Labute approximate surface area is 109 Å². The molecule has 1 aromatic heterocycles. The van der Waals surface area contributed by atoms with Crippen molar-refractivity contribution in [2.24, 2.45) is 5.10 Å². The van der Waals surface area contributed by atoms with Crippen molar-refractivity contribution < 1.29 is 9.53 Å². The highest BCUT2D eigenvalue weighted by Crippen LogP contribution is 2.18. The monoisotopic (exact) mass is 259 g/mol. The standard InChI is InChI=1S/C13H13N3O3/c1-19-13(18)6-7-14-16-11-8-12(17)15-10-5-3-2-4-9(10)11/h2-5,7-8H,6H2,1H3,(H2,15,16,17)/b14-7-. The molecule has 6 nitrogen and oxygen atoms in total. The number of hydrazone groups is 1. The number of hydrogen-bond donors (Lipinski definition) is 2. The predicted molar refractivity (Wildman–Crippen MR) is 73.3 cm³/mol. The minimum atomic E-state index is -0.374. The SMILES string of the molecule is COC(=O)C/C=N\Nc1cc(=O)[nH]c2ccccc12. The van der Waals surface area contributed by atoms with Crippen molar-refractivity contribution in [2.75, 3.05) is 12.5 Å². The van der Waals surface area contributed by atoms with Crippen LogP contribution in [0.3, 0.4) is 0 Å². The Bertz CT molecular complexity index is 676. The molecule has 0 unspecified atom stereocenters. The largest absolute Gasteiger partial charge is 0.469 e. The van der Waals surface area contributed by atoms with Crippen molar-refractivity contribution in [2.45, 2.75) is 6.42 Å². The van der Waals surface area contributed by atoms with Crippen molar-refractivity contribution in [1.82, 2.24) is 4.98 Å². The highest BCUT2D eigenvalue weighted by atomic mass is 16.5. The lowest BCUT2D eigenvalue weighted by atomic mass is 10.2. The molecule has 0 aliphatic carbocycles. The minimum absolute atomic E-state index is 0.0740. The van der Waals surface area contributed by atoms with Gasteiger partial charge in [-0.3, -0.25) is 15.0 Å². The van der Waals surface area contributed by atoms with E-state index >= 15 is 0 Å². The van der Waals surface area contributed by atoms with Crippen LogP contribution in [0.5, 0.6) is 0 Å². The number of benzene rings is 1. The maximum Gasteiger partial charge on any atom is 0.311 e. The number of anilines is 1. The van der Waals surface area contributed by atoms with E-state index in [9.17, 15) is 9.59 Å². The van der Waals surface area contributed by atoms with Crippen molar-refractivity contribution in [3.05, 3.63) is 40.7 Å². The second-order valence-corrected chi connectivity index (χ2v) is 3.80. The number of pyridine rings is 1. The number of fused-ring (bicyclic) bond motifs is 1. The number of carbonyl (C=O) groups excluding carboxylic acids is 1. The zero-order chi connectivity index (χ0) is 13.7. The fraction of sp³-hybridized carbons (Fsp3) is 0.154. The van der Waals surface area contributed by atoms with Gasteiger partial charge in [-0.25, -0.2) is 0 Å². The molecule has 0 aliphatic rings. The number of H-pyrrole nitrogens is 1. The Morgan fingerprint density at radius 3 is 3.05 bits per heavy atom. The second kappa shape index (κ2) is 5.81. The Morgan fingerprint density at radius 2 is 2.26 bits per heavy atom. The van der Waals surface area contributed by atoms with Gasteiger partial charge in [-0.1, -0.05) is 18.2 Å². The molecule has 1 heterocycles. The number of para-hydroxylation sites is 1. The summed E-state index contributed by atoms with van der Waals surface area (Å²) in [5.41, 5.74) is 3.84. The third kappa shape index (κ3) is 3.19. The van der Waals surface area contributed by atoms with Crippen LogP contribution in [0.4, 0.5) is 5.69 Å². The Kier molecular flexibility index (Phi) is 3.92. The lowest BCUT2D eigenvalue weighted by Gasteiger charge is -2.04. The summed E-state index contributed by atoms with van der Waals surface area (Å²) in [6.07, 6.45) is 1.46. The van der Waals surface area contributed by atoms with Crippen molar-refractivity contribution in [3.63, 3.8) is 0 Å². The van der Waals surface area contributed by atoms with Crippen LogP contribution in [-0.2, 0) is 9.53 Å². The average Bonchev–Trinajstić information content (AvgIpc) is 2.42. The normalized spacial score (nSPS) is 10.8. The molecule has 0 saturated carbocycles. The first-order chi connectivity index (χ1) is 9.20. The second-order valence-electron chi connectivity index (χ2n) is 3.80. The van der Waals surface area contributed by atoms with Crippen molar-refractivity contribution in [1.29, 1.82) is 0 Å². The van der Waals surface area contributed by atoms with E-state index in [4.69, 9.17) is 0 Å². The number of carbonyl (C=O) groups is 1. The van der Waals surface area contributed by atoms with Gasteiger partial charge in [0.1, 0.15) is 0 Å². The summed E-state index contributed by atoms with van der Waals surface area (Å²) in [5, 5.41) is 4.74. The molecule has 0 bridgehead atoms. The van der Waals surface area contributed by atoms with Gasteiger partial charge >= 0.3 is 5.97 Å². The van der Waals surface area contributed by atoms with Crippen LogP contribution in [0.1, 0.15) is 6.42 Å². The van der Waals surface area contributed by atoms with Gasteiger partial charge in [0.2, 0.25) is 0 Å². The summed E-state index contributed by atoms with van der Waals surface area (Å²) in [4.78, 5) is 25.1. The molecular weight excluding hydrogens is 246 g/mol. The highest BCUT2D eigenvalue weighted by molar-refractivity contribution is 5.91. The first-order valence-corrected chi connectivity index (χ1v) is 5.67. The molecule has 1 aromatic carbocycles. The Morgan fingerprint density at radius 1 is 1.47 bits per heavy atom. The van der Waals surface area contributed by atoms with Crippen LogP contribution >= 0.6 is 0 Å². The number of aromatic nitrogens is 1. The van der Waals surface area contributed by atoms with Gasteiger partial charge in [-0.2, -0.15) is 5.10 Å². The van der Waals surface area contributed by atoms with E-state index < -0.39 is 0 Å². The summed E-state index contributed by atoms with van der Waals surface area (Å²) in [6, 6.07) is 8.79. The highest BCUT2D eigenvalue weighted by Gasteiger charge is 2.01. The molecule has 2 N–H and O–H groups in total. The fourth-order valence-electron chi connectivity index (χ4n) is 1.62. The van der Waals surface area contributed by atoms with E-state index in [0.717, 1.165) is 10.9 Å². The molecule has 2 aromatic rings. The van der Waals surface area contributed by atoms with E-state index in [-0.39, 0.29) is 17.9 Å². The van der Waals surface area contributed by atoms with E-state index in [1.165, 1.54) is 19.4 Å². The summed E-state index contributed by atoms with van der Waals surface area (Å²) < 4.78 is 4.48. The topological polar surface area (TPSA) is 83.5 Å². The first kappa shape index (κ1) is 12.8. The van der Waals surface area contributed by atoms with Gasteiger partial charge in [0, 0.05) is 17.7 Å². The number of ether oxygens (including phenoxy) is 1. The molecule has 0 aliphatic heterocycles. The van der Waals surface area contributed by atoms with Crippen molar-refractivity contribution in [3.8, 4) is 0 Å². The molecule has 98 valence electrons. The first-order valence-electron chi connectivity index (χ1n) is 5.67. The van der Waals surface area contributed by atoms with E-state index in [1.807, 2.05) is 18.2 Å². The van der Waals surface area contributed by atoms with Gasteiger partial charge in [-0.15, -0.1) is 0 Å². The van der Waals surface area contributed by atoms with E-state index in [0.29, 0.717) is 5.69 Å². The van der Waals surface area contributed by atoms with Crippen LogP contribution in [0, 0.1) is 0 Å². The summed E-state index contributed by atoms with van der Waals surface area (Å²) in [7, 11) is 1.31. The molecule has 0 atom stereocenters. The molecule has 0 saturated heterocycles. The quantitative estimate of drug-likeness (QED) is 0.495. The molecule has 0 fully saturated rings. The number of hydrogen-bond acceptors (Lipinski definition) is 5. The zero-order valence-corrected chi connectivity index (χ0v) is 10.3. The molecule has 0 radical (unpaired) electrons. The van der Waals surface area contributed by atoms with Gasteiger partial charge in [0.25, 0.3) is 5.56 Å².